The number of halogens is 1. The summed E-state index contributed by atoms with van der Waals surface area (Å²) in [6.45, 7) is 0. The van der Waals surface area contributed by atoms with E-state index in [1.54, 1.807) is 0 Å². The lowest BCUT2D eigenvalue weighted by atomic mass is 11.8. The number of aliphatic hydroxyl groups excluding tert-OH is 1. The Bertz CT molecular complexity index is 9.22. The molecule has 0 radical (unpaired) electrons. The minimum Gasteiger partial charge on any atom is -0.412 e. The largest absolute Gasteiger partial charge is 0.412 e. The first-order chi connectivity index (χ1) is 1.00. The van der Waals surface area contributed by atoms with E-state index in [4.69, 9.17) is 5.11 Å². The molecule has 78 valence electrons. The first-order valence-electron chi connectivity index (χ1n) is 0.447. The van der Waals surface area contributed by atoms with E-state index >= 15 is 0 Å². The summed E-state index contributed by atoms with van der Waals surface area (Å²) in [5.41, 5.74) is 0. The van der Waals surface area contributed by atoms with Crippen molar-refractivity contribution in [1.82, 2.24) is 0 Å². The minimum absolute atomic E-state index is 0. The molecule has 8 nitrogen and oxygen atoms in total. The molecule has 0 unspecified atom stereocenters. The van der Waals surface area contributed by atoms with Gasteiger partial charge in [0, 0.05) is 7.11 Å². The molecule has 0 saturated heterocycles. The predicted octanol–water partition coefficient (Wildman–Crippen LogP) is -5.74. The summed E-state index contributed by atoms with van der Waals surface area (Å²) in [5.74, 6) is 0. The van der Waals surface area contributed by atoms with Gasteiger partial charge >= 0.3 is 0 Å². The molecular formula is CH19ClO8. The van der Waals surface area contributed by atoms with Crippen molar-refractivity contribution < 1.29 is 43.4 Å². The predicted molar refractivity (Wildman–Crippen MR) is 40.7 cm³/mol. The quantitative estimate of drug-likeness (QED) is 0.389. The highest BCUT2D eigenvalue weighted by atomic mass is 35.5. The molecule has 0 aliphatic heterocycles. The SMILES string of the molecule is CO.Cl.O.O.O.O.O.O.O. The molecule has 0 saturated carbocycles. The van der Waals surface area contributed by atoms with Gasteiger partial charge in [-0.1, -0.05) is 0 Å². The molecule has 0 heterocycles. The zero-order valence-electron chi connectivity index (χ0n) is 5.36. The van der Waals surface area contributed by atoms with Gasteiger partial charge in [-0.05, 0) is 0 Å². The van der Waals surface area contributed by atoms with Gasteiger partial charge in [0.25, 0.3) is 0 Å². The molecule has 9 heteroatoms. The van der Waals surface area contributed by atoms with Crippen LogP contribution < -0.4 is 0 Å². The van der Waals surface area contributed by atoms with E-state index in [0.29, 0.717) is 0 Å². The van der Waals surface area contributed by atoms with Gasteiger partial charge in [-0.15, -0.1) is 12.4 Å². The van der Waals surface area contributed by atoms with Crippen molar-refractivity contribution in [3.05, 3.63) is 0 Å². The van der Waals surface area contributed by atoms with Gasteiger partial charge in [0.1, 0.15) is 0 Å². The monoisotopic (exact) mass is 194 g/mol. The van der Waals surface area contributed by atoms with Crippen molar-refractivity contribution in [3.63, 3.8) is 0 Å². The molecule has 0 aromatic carbocycles. The first-order valence-corrected chi connectivity index (χ1v) is 0.447. The lowest BCUT2D eigenvalue weighted by molar-refractivity contribution is 0.399. The van der Waals surface area contributed by atoms with E-state index < -0.39 is 0 Å². The first kappa shape index (κ1) is 853. The van der Waals surface area contributed by atoms with Crippen LogP contribution in [0.2, 0.25) is 0 Å². The summed E-state index contributed by atoms with van der Waals surface area (Å²) >= 11 is 0. The Kier molecular flexibility index (Phi) is 54000000. The molecule has 0 aliphatic carbocycles. The molecule has 0 atom stereocenters. The van der Waals surface area contributed by atoms with Crippen LogP contribution in [0.5, 0.6) is 0 Å². The Hall–Kier alpha value is -0.0300. The van der Waals surface area contributed by atoms with Crippen LogP contribution in [0.4, 0.5) is 0 Å². The normalized spacial score (nSPS) is 0.600. The van der Waals surface area contributed by atoms with Gasteiger partial charge in [0.05, 0.1) is 0 Å². The third-order valence-corrected chi connectivity index (χ3v) is 0. The van der Waals surface area contributed by atoms with Crippen molar-refractivity contribution in [2.24, 2.45) is 0 Å². The van der Waals surface area contributed by atoms with E-state index in [2.05, 4.69) is 0 Å². The number of rotatable bonds is 0. The van der Waals surface area contributed by atoms with Gasteiger partial charge < -0.3 is 43.4 Å². The summed E-state index contributed by atoms with van der Waals surface area (Å²) in [7, 11) is 1.00. The van der Waals surface area contributed by atoms with E-state index in [-0.39, 0.29) is 50.7 Å². The minimum atomic E-state index is 0. The molecule has 0 rings (SSSR count). The van der Waals surface area contributed by atoms with Gasteiger partial charge in [-0.25, -0.2) is 0 Å². The summed E-state index contributed by atoms with van der Waals surface area (Å²) in [5, 5.41) is 7.00. The standard InChI is InChI=1S/CH4O.ClH.7H2O/c1-2;;;;;;;;/h2H,1H3;1H;7*1H2. The van der Waals surface area contributed by atoms with Crippen LogP contribution in [0, 0.1) is 0 Å². The van der Waals surface area contributed by atoms with Gasteiger partial charge in [-0.3, -0.25) is 0 Å². The van der Waals surface area contributed by atoms with Crippen molar-refractivity contribution in [1.29, 1.82) is 0 Å². The van der Waals surface area contributed by atoms with Crippen molar-refractivity contribution in [3.8, 4) is 0 Å². The lowest BCUT2D eigenvalue weighted by Crippen LogP contribution is -1.25. The second-order valence-corrected chi connectivity index (χ2v) is 0. The maximum atomic E-state index is 7.00. The zero-order valence-corrected chi connectivity index (χ0v) is 6.17. The Morgan fingerprint density at radius 1 is 0.500 bits per heavy atom. The topological polar surface area (TPSA) is 241 Å². The second-order valence-electron chi connectivity index (χ2n) is 0. The molecule has 0 fully saturated rings. The van der Waals surface area contributed by atoms with Crippen LogP contribution >= 0.6 is 12.4 Å². The van der Waals surface area contributed by atoms with Gasteiger partial charge in [-0.2, -0.15) is 0 Å². The summed E-state index contributed by atoms with van der Waals surface area (Å²) in [4.78, 5) is 0. The molecule has 0 amide bonds. The van der Waals surface area contributed by atoms with Crippen molar-refractivity contribution in [2.75, 3.05) is 7.11 Å². The highest BCUT2D eigenvalue weighted by Crippen LogP contribution is 0.755. The maximum Gasteiger partial charge on any atom is 0.0319 e. The average molecular weight is 195 g/mol. The molecule has 0 spiro atoms. The molecule has 0 bridgehead atoms. The van der Waals surface area contributed by atoms with E-state index in [1.807, 2.05) is 0 Å². The lowest BCUT2D eigenvalue weighted by Gasteiger charge is -1.21. The van der Waals surface area contributed by atoms with Crippen LogP contribution in [0.15, 0.2) is 0 Å². The van der Waals surface area contributed by atoms with E-state index in [0.717, 1.165) is 7.11 Å². The number of hydrogen-bond donors (Lipinski definition) is 1. The zero-order chi connectivity index (χ0) is 2.00. The van der Waals surface area contributed by atoms with Crippen molar-refractivity contribution in [2.45, 2.75) is 0 Å². The molecule has 0 aliphatic rings. The maximum absolute atomic E-state index is 7.00. The third-order valence-electron chi connectivity index (χ3n) is 0. The van der Waals surface area contributed by atoms with E-state index in [9.17, 15) is 0 Å². The molecule has 15 N–H and O–H groups in total. The van der Waals surface area contributed by atoms with Gasteiger partial charge in [0.15, 0.2) is 0 Å². The van der Waals surface area contributed by atoms with Crippen LogP contribution in [-0.2, 0) is 0 Å². The van der Waals surface area contributed by atoms with Gasteiger partial charge in [0.2, 0.25) is 0 Å². The fraction of sp³-hybridized carbons (Fsp3) is 1.00. The molecular weight excluding hydrogens is 175 g/mol. The highest BCUT2D eigenvalue weighted by molar-refractivity contribution is 5.85. The van der Waals surface area contributed by atoms with Crippen LogP contribution in [0.25, 0.3) is 0 Å². The molecule has 10 heavy (non-hydrogen) atoms. The smallest absolute Gasteiger partial charge is 0.0319 e. The number of aliphatic hydroxyl groups is 1. The summed E-state index contributed by atoms with van der Waals surface area (Å²) < 4.78 is 0. The second kappa shape index (κ2) is 633000. The fourth-order valence-electron chi connectivity index (χ4n) is 0. The van der Waals surface area contributed by atoms with E-state index in [1.165, 1.54) is 0 Å². The molecule has 0 aromatic heterocycles. The van der Waals surface area contributed by atoms with Crippen molar-refractivity contribution >= 4 is 12.4 Å². The average Bonchev–Trinajstić information content (AvgIpc) is 1.00. The van der Waals surface area contributed by atoms with Crippen LogP contribution in [0.1, 0.15) is 0 Å². The van der Waals surface area contributed by atoms with Crippen LogP contribution in [0.3, 0.4) is 0 Å². The third kappa shape index (κ3) is 430000. The summed E-state index contributed by atoms with van der Waals surface area (Å²) in [6, 6.07) is 0. The molecule has 0 aromatic rings. The van der Waals surface area contributed by atoms with Crippen LogP contribution in [-0.4, -0.2) is 50.5 Å². The fourth-order valence-corrected chi connectivity index (χ4v) is 0. The Labute approximate surface area is 64.1 Å². The highest BCUT2D eigenvalue weighted by Gasteiger charge is 0.839. The number of hydrogen-bond acceptors (Lipinski definition) is 1. The Morgan fingerprint density at radius 3 is 0.500 bits per heavy atom. The Balaban J connectivity index is -0.000000000179. The summed E-state index contributed by atoms with van der Waals surface area (Å²) in [6.07, 6.45) is 0. The Morgan fingerprint density at radius 2 is 0.500 bits per heavy atom.